The van der Waals surface area contributed by atoms with Crippen LogP contribution in [0.15, 0.2) is 52.4 Å². The summed E-state index contributed by atoms with van der Waals surface area (Å²) in [6, 6.07) is 13.8. The van der Waals surface area contributed by atoms with Gasteiger partial charge in [-0.15, -0.1) is 11.3 Å². The van der Waals surface area contributed by atoms with E-state index in [0.29, 0.717) is 24.7 Å². The van der Waals surface area contributed by atoms with E-state index in [9.17, 15) is 4.79 Å². The molecule has 0 aliphatic carbocycles. The first-order valence-corrected chi connectivity index (χ1v) is 8.87. The molecule has 0 bridgehead atoms. The molecule has 1 fully saturated rings. The first-order valence-electron chi connectivity index (χ1n) is 7.99. The van der Waals surface area contributed by atoms with Crippen molar-refractivity contribution < 1.29 is 9.32 Å². The molecule has 5 nitrogen and oxygen atoms in total. The lowest BCUT2D eigenvalue weighted by Crippen LogP contribution is -2.29. The van der Waals surface area contributed by atoms with Gasteiger partial charge in [0.25, 0.3) is 0 Å². The highest BCUT2D eigenvalue weighted by atomic mass is 32.1. The molecule has 0 unspecified atom stereocenters. The number of carbonyl (C=O) groups excluding carboxylic acids is 1. The van der Waals surface area contributed by atoms with Crippen molar-refractivity contribution in [2.75, 3.05) is 13.1 Å². The van der Waals surface area contributed by atoms with E-state index in [4.69, 9.17) is 4.52 Å². The van der Waals surface area contributed by atoms with Crippen LogP contribution in [0.1, 0.15) is 23.1 Å². The molecule has 2 aromatic heterocycles. The molecule has 0 N–H and O–H groups in total. The van der Waals surface area contributed by atoms with Crippen LogP contribution in [-0.2, 0) is 11.2 Å². The van der Waals surface area contributed by atoms with Crippen LogP contribution in [0.25, 0.3) is 11.4 Å². The number of thiophene rings is 1. The summed E-state index contributed by atoms with van der Waals surface area (Å²) < 4.78 is 5.44. The van der Waals surface area contributed by atoms with Gasteiger partial charge in [-0.05, 0) is 17.9 Å². The Bertz CT molecular complexity index is 814. The van der Waals surface area contributed by atoms with Crippen LogP contribution in [0.3, 0.4) is 0 Å². The van der Waals surface area contributed by atoms with Gasteiger partial charge in [0.05, 0.1) is 12.3 Å². The molecule has 1 aliphatic rings. The molecule has 24 heavy (non-hydrogen) atoms. The van der Waals surface area contributed by atoms with Crippen molar-refractivity contribution in [2.45, 2.75) is 18.8 Å². The number of likely N-dealkylation sites (tertiary alicyclic amines) is 1. The first kappa shape index (κ1) is 15.1. The van der Waals surface area contributed by atoms with Crippen LogP contribution in [-0.4, -0.2) is 34.0 Å². The summed E-state index contributed by atoms with van der Waals surface area (Å²) in [6.45, 7) is 1.40. The number of benzene rings is 1. The van der Waals surface area contributed by atoms with Crippen molar-refractivity contribution in [3.63, 3.8) is 0 Å². The Balaban J connectivity index is 1.42. The molecular weight excluding hydrogens is 322 g/mol. The fraction of sp³-hybridized carbons (Fsp3) is 0.278. The van der Waals surface area contributed by atoms with E-state index in [1.807, 2.05) is 52.7 Å². The normalized spacial score (nSPS) is 17.3. The second-order valence-electron chi connectivity index (χ2n) is 5.90. The molecule has 1 aromatic carbocycles. The van der Waals surface area contributed by atoms with Crippen molar-refractivity contribution in [2.24, 2.45) is 0 Å². The standard InChI is InChI=1S/C18H17N3O2S/c22-16(11-15-7-4-10-24-15)21-9-8-14(12-21)18-19-17(20-23-18)13-5-2-1-3-6-13/h1-7,10,14H,8-9,11-12H2/t14-/m1/s1. The van der Waals surface area contributed by atoms with Crippen molar-refractivity contribution in [1.29, 1.82) is 0 Å². The van der Waals surface area contributed by atoms with E-state index in [1.54, 1.807) is 11.3 Å². The largest absolute Gasteiger partial charge is 0.342 e. The van der Waals surface area contributed by atoms with E-state index in [0.717, 1.165) is 23.4 Å². The molecule has 1 amide bonds. The molecule has 1 atom stereocenters. The number of carbonyl (C=O) groups is 1. The number of nitrogens with zero attached hydrogens (tertiary/aromatic N) is 3. The van der Waals surface area contributed by atoms with E-state index in [-0.39, 0.29) is 11.8 Å². The van der Waals surface area contributed by atoms with Crippen LogP contribution in [0.2, 0.25) is 0 Å². The van der Waals surface area contributed by atoms with Gasteiger partial charge in [-0.3, -0.25) is 4.79 Å². The average Bonchev–Trinajstić information content (AvgIpc) is 3.36. The topological polar surface area (TPSA) is 59.2 Å². The van der Waals surface area contributed by atoms with Gasteiger partial charge >= 0.3 is 0 Å². The highest BCUT2D eigenvalue weighted by Gasteiger charge is 2.31. The summed E-state index contributed by atoms with van der Waals surface area (Å²) >= 11 is 1.62. The third-order valence-electron chi connectivity index (χ3n) is 4.27. The van der Waals surface area contributed by atoms with Gasteiger partial charge in [-0.25, -0.2) is 0 Å². The second kappa shape index (κ2) is 6.57. The lowest BCUT2D eigenvalue weighted by Gasteiger charge is -2.15. The molecule has 3 aromatic rings. The highest BCUT2D eigenvalue weighted by molar-refractivity contribution is 7.10. The maximum Gasteiger partial charge on any atom is 0.231 e. The quantitative estimate of drug-likeness (QED) is 0.731. The summed E-state index contributed by atoms with van der Waals surface area (Å²) in [6.07, 6.45) is 1.34. The van der Waals surface area contributed by atoms with Crippen LogP contribution >= 0.6 is 11.3 Å². The average molecular weight is 339 g/mol. The maximum absolute atomic E-state index is 12.4. The van der Waals surface area contributed by atoms with Gasteiger partial charge < -0.3 is 9.42 Å². The molecular formula is C18H17N3O2S. The van der Waals surface area contributed by atoms with E-state index in [2.05, 4.69) is 10.1 Å². The molecule has 0 radical (unpaired) electrons. The first-order chi connectivity index (χ1) is 11.8. The molecule has 0 saturated carbocycles. The molecule has 1 aliphatic heterocycles. The number of hydrogen-bond donors (Lipinski definition) is 0. The van der Waals surface area contributed by atoms with Gasteiger partial charge in [0.2, 0.25) is 17.6 Å². The minimum atomic E-state index is 0.127. The van der Waals surface area contributed by atoms with E-state index in [1.165, 1.54) is 0 Å². The smallest absolute Gasteiger partial charge is 0.231 e. The number of aromatic nitrogens is 2. The summed E-state index contributed by atoms with van der Waals surface area (Å²) in [4.78, 5) is 19.9. The van der Waals surface area contributed by atoms with Crippen LogP contribution in [0.4, 0.5) is 0 Å². The van der Waals surface area contributed by atoms with Crippen LogP contribution in [0.5, 0.6) is 0 Å². The van der Waals surface area contributed by atoms with Gasteiger partial charge in [-0.2, -0.15) is 4.98 Å². The van der Waals surface area contributed by atoms with E-state index < -0.39 is 0 Å². The van der Waals surface area contributed by atoms with Gasteiger partial charge in [0.15, 0.2) is 0 Å². The summed E-state index contributed by atoms with van der Waals surface area (Å²) in [5, 5.41) is 6.07. The minimum absolute atomic E-state index is 0.127. The van der Waals surface area contributed by atoms with Crippen molar-refractivity contribution in [3.8, 4) is 11.4 Å². The highest BCUT2D eigenvalue weighted by Crippen LogP contribution is 2.28. The molecule has 4 rings (SSSR count). The zero-order chi connectivity index (χ0) is 16.4. The number of hydrogen-bond acceptors (Lipinski definition) is 5. The van der Waals surface area contributed by atoms with Crippen LogP contribution < -0.4 is 0 Å². The molecule has 0 spiro atoms. The van der Waals surface area contributed by atoms with E-state index >= 15 is 0 Å². The van der Waals surface area contributed by atoms with Gasteiger partial charge in [0, 0.05) is 23.5 Å². The predicted octanol–water partition coefficient (Wildman–Crippen LogP) is 3.36. The van der Waals surface area contributed by atoms with Crippen molar-refractivity contribution in [1.82, 2.24) is 15.0 Å². The van der Waals surface area contributed by atoms with Crippen molar-refractivity contribution in [3.05, 3.63) is 58.6 Å². The molecule has 1 saturated heterocycles. The van der Waals surface area contributed by atoms with Gasteiger partial charge in [0.1, 0.15) is 0 Å². The number of amides is 1. The molecule has 6 heteroatoms. The monoisotopic (exact) mass is 339 g/mol. The van der Waals surface area contributed by atoms with Crippen molar-refractivity contribution >= 4 is 17.2 Å². The molecule has 122 valence electrons. The fourth-order valence-electron chi connectivity index (χ4n) is 2.97. The Kier molecular flexibility index (Phi) is 4.13. The Hall–Kier alpha value is -2.47. The zero-order valence-corrected chi connectivity index (χ0v) is 13.9. The lowest BCUT2D eigenvalue weighted by molar-refractivity contribution is -0.129. The molecule has 3 heterocycles. The fourth-order valence-corrected chi connectivity index (χ4v) is 3.66. The predicted molar refractivity (Wildman–Crippen MR) is 91.7 cm³/mol. The maximum atomic E-state index is 12.4. The summed E-state index contributed by atoms with van der Waals surface area (Å²) in [5.41, 5.74) is 0.941. The minimum Gasteiger partial charge on any atom is -0.342 e. The van der Waals surface area contributed by atoms with Gasteiger partial charge in [-0.1, -0.05) is 41.6 Å². The Labute approximate surface area is 143 Å². The SMILES string of the molecule is O=C(Cc1cccs1)N1CC[C@@H](c2nc(-c3ccccc3)no2)C1. The Morgan fingerprint density at radius 2 is 2.12 bits per heavy atom. The summed E-state index contributed by atoms with van der Waals surface area (Å²) in [7, 11) is 0. The zero-order valence-electron chi connectivity index (χ0n) is 13.1. The van der Waals surface area contributed by atoms with Crippen LogP contribution in [0, 0.1) is 0 Å². The Morgan fingerprint density at radius 1 is 1.25 bits per heavy atom. The second-order valence-corrected chi connectivity index (χ2v) is 6.94. The lowest BCUT2D eigenvalue weighted by atomic mass is 10.1. The Morgan fingerprint density at radius 3 is 2.92 bits per heavy atom. The summed E-state index contributed by atoms with van der Waals surface area (Å²) in [5.74, 6) is 1.53. The third-order valence-corrected chi connectivity index (χ3v) is 5.15. The third kappa shape index (κ3) is 3.10. The number of rotatable bonds is 4.